The molecule has 0 aliphatic carbocycles. The molecule has 0 radical (unpaired) electrons. The van der Waals surface area contributed by atoms with Crippen molar-refractivity contribution in [2.45, 2.75) is 12.5 Å². The van der Waals surface area contributed by atoms with Crippen LogP contribution in [0.3, 0.4) is 0 Å². The van der Waals surface area contributed by atoms with Gasteiger partial charge < -0.3 is 10.6 Å². The lowest BCUT2D eigenvalue weighted by Gasteiger charge is -2.26. The Hall–Kier alpha value is -2.30. The van der Waals surface area contributed by atoms with Crippen molar-refractivity contribution < 1.29 is 9.59 Å². The van der Waals surface area contributed by atoms with Gasteiger partial charge in [0, 0.05) is 25.9 Å². The van der Waals surface area contributed by atoms with E-state index in [-0.39, 0.29) is 12.1 Å². The molecule has 2 rings (SSSR count). The molecule has 1 heterocycles. The minimum atomic E-state index is -0.506. The van der Waals surface area contributed by atoms with Crippen molar-refractivity contribution in [3.05, 3.63) is 42.0 Å². The second kappa shape index (κ2) is 5.14. The maximum atomic E-state index is 12.3. The Morgan fingerprint density at radius 3 is 2.68 bits per heavy atom. The second-order valence-corrected chi connectivity index (χ2v) is 4.71. The summed E-state index contributed by atoms with van der Waals surface area (Å²) in [6, 6.07) is 7.47. The Morgan fingerprint density at radius 1 is 1.37 bits per heavy atom. The third kappa shape index (κ3) is 2.59. The van der Waals surface area contributed by atoms with Gasteiger partial charge in [0.1, 0.15) is 0 Å². The van der Waals surface area contributed by atoms with Gasteiger partial charge in [-0.3, -0.25) is 9.69 Å². The first-order chi connectivity index (χ1) is 9.00. The van der Waals surface area contributed by atoms with Crippen LogP contribution >= 0.6 is 0 Å². The number of nitrogens with two attached hydrogens (primary N) is 1. The van der Waals surface area contributed by atoms with E-state index in [2.05, 4.69) is 0 Å². The minimum Gasteiger partial charge on any atom is -0.366 e. The molecule has 0 fully saturated rings. The number of nitrogens with zero attached hydrogens (tertiary/aromatic N) is 2. The molecule has 1 aliphatic rings. The van der Waals surface area contributed by atoms with Crippen molar-refractivity contribution in [2.75, 3.05) is 19.0 Å². The number of carbonyl (C=O) groups is 2. The van der Waals surface area contributed by atoms with Gasteiger partial charge >= 0.3 is 6.03 Å². The lowest BCUT2D eigenvalue weighted by atomic mass is 10.1. The maximum Gasteiger partial charge on any atom is 0.324 e. The van der Waals surface area contributed by atoms with Gasteiger partial charge in [0.25, 0.3) is 0 Å². The summed E-state index contributed by atoms with van der Waals surface area (Å²) in [5.41, 5.74) is 7.10. The van der Waals surface area contributed by atoms with Crippen molar-refractivity contribution in [2.24, 2.45) is 5.73 Å². The summed E-state index contributed by atoms with van der Waals surface area (Å²) in [4.78, 5) is 26.3. The van der Waals surface area contributed by atoms with Gasteiger partial charge in [-0.1, -0.05) is 24.3 Å². The number of primary amides is 1. The van der Waals surface area contributed by atoms with Gasteiger partial charge in [0.2, 0.25) is 5.91 Å². The molecule has 5 heteroatoms. The lowest BCUT2D eigenvalue weighted by molar-refractivity contribution is -0.113. The summed E-state index contributed by atoms with van der Waals surface area (Å²) in [5, 5.41) is 0. The van der Waals surface area contributed by atoms with E-state index in [1.807, 2.05) is 24.3 Å². The number of para-hydroxylation sites is 1. The second-order valence-electron chi connectivity index (χ2n) is 4.71. The van der Waals surface area contributed by atoms with Crippen molar-refractivity contribution >= 4 is 17.6 Å². The van der Waals surface area contributed by atoms with E-state index in [9.17, 15) is 9.59 Å². The Labute approximate surface area is 112 Å². The molecule has 0 saturated carbocycles. The van der Waals surface area contributed by atoms with Crippen LogP contribution in [0.25, 0.3) is 0 Å². The molecule has 0 bridgehead atoms. The number of hydrogen-bond donors (Lipinski definition) is 1. The van der Waals surface area contributed by atoms with E-state index in [4.69, 9.17) is 5.73 Å². The molecule has 19 heavy (non-hydrogen) atoms. The van der Waals surface area contributed by atoms with Crippen LogP contribution in [0.4, 0.5) is 10.5 Å². The van der Waals surface area contributed by atoms with Crippen molar-refractivity contribution in [3.63, 3.8) is 0 Å². The van der Waals surface area contributed by atoms with Crippen LogP contribution < -0.4 is 10.6 Å². The van der Waals surface area contributed by atoms with Crippen molar-refractivity contribution in [3.8, 4) is 0 Å². The highest BCUT2D eigenvalue weighted by molar-refractivity contribution is 5.95. The number of anilines is 1. The molecule has 1 aromatic rings. The average Bonchev–Trinajstić information content (AvgIpc) is 2.73. The van der Waals surface area contributed by atoms with Crippen molar-refractivity contribution in [1.29, 1.82) is 0 Å². The van der Waals surface area contributed by atoms with Gasteiger partial charge in [-0.15, -0.1) is 0 Å². The quantitative estimate of drug-likeness (QED) is 0.809. The number of hydrogen-bond acceptors (Lipinski definition) is 2. The Bertz CT molecular complexity index is 537. The molecule has 1 unspecified atom stereocenters. The topological polar surface area (TPSA) is 66.6 Å². The summed E-state index contributed by atoms with van der Waals surface area (Å²) in [6.07, 6.45) is 3.69. The Balaban J connectivity index is 2.36. The first-order valence-corrected chi connectivity index (χ1v) is 6.06. The molecule has 0 aromatic heterocycles. The fourth-order valence-corrected chi connectivity index (χ4v) is 2.23. The third-order valence-corrected chi connectivity index (χ3v) is 3.08. The molecule has 5 nitrogen and oxygen atoms in total. The van der Waals surface area contributed by atoms with Crippen LogP contribution in [0.5, 0.6) is 0 Å². The third-order valence-electron chi connectivity index (χ3n) is 3.08. The first-order valence-electron chi connectivity index (χ1n) is 6.06. The summed E-state index contributed by atoms with van der Waals surface area (Å²) < 4.78 is 0. The fraction of sp³-hybridized carbons (Fsp3) is 0.286. The highest BCUT2D eigenvalue weighted by Gasteiger charge is 2.32. The maximum absolute atomic E-state index is 12.3. The highest BCUT2D eigenvalue weighted by atomic mass is 16.2. The normalized spacial score (nSPS) is 17.6. The van der Waals surface area contributed by atoms with E-state index in [1.165, 1.54) is 11.0 Å². The first kappa shape index (κ1) is 13.1. The van der Waals surface area contributed by atoms with Gasteiger partial charge in [0.05, 0.1) is 6.04 Å². The van der Waals surface area contributed by atoms with Crippen molar-refractivity contribution in [1.82, 2.24) is 4.90 Å². The molecule has 0 spiro atoms. The van der Waals surface area contributed by atoms with Gasteiger partial charge in [-0.05, 0) is 18.1 Å². The largest absolute Gasteiger partial charge is 0.366 e. The molecule has 3 amide bonds. The monoisotopic (exact) mass is 259 g/mol. The lowest BCUT2D eigenvalue weighted by Crippen LogP contribution is -2.43. The van der Waals surface area contributed by atoms with Crippen LogP contribution in [0.2, 0.25) is 0 Å². The highest BCUT2D eigenvalue weighted by Crippen LogP contribution is 2.33. The Kier molecular flexibility index (Phi) is 3.55. The van der Waals surface area contributed by atoms with E-state index in [0.717, 1.165) is 11.3 Å². The van der Waals surface area contributed by atoms with Crippen LogP contribution in [-0.2, 0) is 11.2 Å². The summed E-state index contributed by atoms with van der Waals surface area (Å²) in [6.45, 7) is 0. The average molecular weight is 259 g/mol. The zero-order valence-corrected chi connectivity index (χ0v) is 11.0. The molecule has 2 N–H and O–H groups in total. The van der Waals surface area contributed by atoms with Crippen LogP contribution in [0.1, 0.15) is 5.56 Å². The zero-order valence-electron chi connectivity index (χ0n) is 11.0. The SMILES string of the molecule is CN(C)C(=O)N1c2ccccc2CC1/C=C/C(N)=O. The summed E-state index contributed by atoms with van der Waals surface area (Å²) in [5.74, 6) is -0.506. The van der Waals surface area contributed by atoms with E-state index in [0.29, 0.717) is 6.42 Å². The number of urea groups is 1. The number of benzene rings is 1. The molecule has 1 aliphatic heterocycles. The van der Waals surface area contributed by atoms with E-state index >= 15 is 0 Å². The van der Waals surface area contributed by atoms with Crippen LogP contribution in [0.15, 0.2) is 36.4 Å². The Morgan fingerprint density at radius 2 is 2.05 bits per heavy atom. The minimum absolute atomic E-state index is 0.107. The molecule has 0 saturated heterocycles. The molecule has 1 aromatic carbocycles. The van der Waals surface area contributed by atoms with Gasteiger partial charge in [0.15, 0.2) is 0 Å². The molecule has 100 valence electrons. The van der Waals surface area contributed by atoms with Gasteiger partial charge in [-0.25, -0.2) is 4.79 Å². The van der Waals surface area contributed by atoms with Crippen LogP contribution in [-0.4, -0.2) is 37.0 Å². The molecule has 1 atom stereocenters. The van der Waals surface area contributed by atoms with E-state index in [1.54, 1.807) is 25.1 Å². The standard InChI is InChI=1S/C14H17N3O2/c1-16(2)14(19)17-11(7-8-13(15)18)9-10-5-3-4-6-12(10)17/h3-8,11H,9H2,1-2H3,(H2,15,18)/b8-7+. The zero-order chi connectivity index (χ0) is 14.0. The number of fused-ring (bicyclic) bond motifs is 1. The summed E-state index contributed by atoms with van der Waals surface area (Å²) in [7, 11) is 3.41. The predicted octanol–water partition coefficient (Wildman–Crippen LogP) is 1.14. The molecular weight excluding hydrogens is 242 g/mol. The fourth-order valence-electron chi connectivity index (χ4n) is 2.23. The number of amides is 3. The summed E-state index contributed by atoms with van der Waals surface area (Å²) >= 11 is 0. The number of carbonyl (C=O) groups excluding carboxylic acids is 2. The van der Waals surface area contributed by atoms with E-state index < -0.39 is 5.91 Å². The predicted molar refractivity (Wildman–Crippen MR) is 73.8 cm³/mol. The number of rotatable bonds is 2. The van der Waals surface area contributed by atoms with Gasteiger partial charge in [-0.2, -0.15) is 0 Å². The smallest absolute Gasteiger partial charge is 0.324 e. The molecular formula is C14H17N3O2. The van der Waals surface area contributed by atoms with Crippen LogP contribution in [0, 0.1) is 0 Å².